The molecule has 110 valence electrons. The highest BCUT2D eigenvalue weighted by Crippen LogP contribution is 2.36. The SMILES string of the molecule is Nc1nc(CN2C3CCC2CC(N)C3)nc2ccccc12. The predicted octanol–water partition coefficient (Wildman–Crippen LogP) is 1.67. The molecule has 2 unspecified atom stereocenters. The maximum absolute atomic E-state index is 6.13. The van der Waals surface area contributed by atoms with Crippen molar-refractivity contribution in [3.63, 3.8) is 0 Å². The average molecular weight is 283 g/mol. The summed E-state index contributed by atoms with van der Waals surface area (Å²) in [5.41, 5.74) is 13.1. The van der Waals surface area contributed by atoms with Crippen LogP contribution in [-0.4, -0.2) is 33.0 Å². The molecule has 0 aliphatic carbocycles. The molecule has 2 fully saturated rings. The van der Waals surface area contributed by atoms with Gasteiger partial charge in [0, 0.05) is 23.5 Å². The molecule has 0 saturated carbocycles. The Balaban J connectivity index is 1.63. The number of nitrogen functional groups attached to an aromatic ring is 1. The number of benzene rings is 1. The Bertz CT molecular complexity index is 657. The molecule has 2 aliphatic rings. The molecule has 4 N–H and O–H groups in total. The Morgan fingerprint density at radius 1 is 1.10 bits per heavy atom. The molecule has 1 aromatic heterocycles. The minimum Gasteiger partial charge on any atom is -0.383 e. The zero-order chi connectivity index (χ0) is 14.4. The summed E-state index contributed by atoms with van der Waals surface area (Å²) in [4.78, 5) is 11.7. The van der Waals surface area contributed by atoms with Crippen LogP contribution in [0.3, 0.4) is 0 Å². The Hall–Kier alpha value is -1.72. The van der Waals surface area contributed by atoms with Crippen molar-refractivity contribution in [3.05, 3.63) is 30.1 Å². The number of nitrogens with zero attached hydrogens (tertiary/aromatic N) is 3. The van der Waals surface area contributed by atoms with Crippen LogP contribution in [0.15, 0.2) is 24.3 Å². The van der Waals surface area contributed by atoms with Crippen LogP contribution in [0, 0.1) is 0 Å². The van der Waals surface area contributed by atoms with E-state index in [2.05, 4.69) is 14.9 Å². The number of para-hydroxylation sites is 1. The Morgan fingerprint density at radius 2 is 1.81 bits per heavy atom. The van der Waals surface area contributed by atoms with Crippen molar-refractivity contribution >= 4 is 16.7 Å². The summed E-state index contributed by atoms with van der Waals surface area (Å²) < 4.78 is 0. The first-order chi connectivity index (χ1) is 10.2. The van der Waals surface area contributed by atoms with Gasteiger partial charge in [-0.25, -0.2) is 9.97 Å². The highest BCUT2D eigenvalue weighted by atomic mass is 15.2. The molecule has 21 heavy (non-hydrogen) atoms. The molecule has 2 atom stereocenters. The zero-order valence-corrected chi connectivity index (χ0v) is 12.1. The number of fused-ring (bicyclic) bond motifs is 3. The normalized spacial score (nSPS) is 29.1. The minimum absolute atomic E-state index is 0.362. The van der Waals surface area contributed by atoms with Gasteiger partial charge in [0.2, 0.25) is 0 Å². The van der Waals surface area contributed by atoms with E-state index >= 15 is 0 Å². The van der Waals surface area contributed by atoms with Crippen LogP contribution >= 0.6 is 0 Å². The molecular formula is C16H21N5. The van der Waals surface area contributed by atoms with Crippen LogP contribution in [0.25, 0.3) is 10.9 Å². The molecule has 2 aliphatic heterocycles. The van der Waals surface area contributed by atoms with Gasteiger partial charge in [0.05, 0.1) is 12.1 Å². The topological polar surface area (TPSA) is 81.1 Å². The Kier molecular flexibility index (Phi) is 3.05. The van der Waals surface area contributed by atoms with Gasteiger partial charge in [-0.05, 0) is 37.8 Å². The standard InChI is InChI=1S/C16H21N5/c17-10-7-11-5-6-12(8-10)21(11)9-15-19-14-4-2-1-3-13(14)16(18)20-15/h1-4,10-12H,5-9,17H2,(H2,18,19,20). The number of piperidine rings is 1. The third-order valence-electron chi connectivity index (χ3n) is 4.92. The Labute approximate surface area is 124 Å². The van der Waals surface area contributed by atoms with E-state index < -0.39 is 0 Å². The van der Waals surface area contributed by atoms with Gasteiger partial charge in [-0.1, -0.05) is 12.1 Å². The number of anilines is 1. The smallest absolute Gasteiger partial charge is 0.145 e. The average Bonchev–Trinajstić information content (AvgIpc) is 2.70. The van der Waals surface area contributed by atoms with E-state index in [-0.39, 0.29) is 0 Å². The number of nitrogens with two attached hydrogens (primary N) is 2. The van der Waals surface area contributed by atoms with Gasteiger partial charge in [-0.15, -0.1) is 0 Å². The van der Waals surface area contributed by atoms with Crippen molar-refractivity contribution in [1.82, 2.24) is 14.9 Å². The van der Waals surface area contributed by atoms with E-state index in [0.29, 0.717) is 23.9 Å². The summed E-state index contributed by atoms with van der Waals surface area (Å²) in [6, 6.07) is 9.47. The number of aromatic nitrogens is 2. The second kappa shape index (κ2) is 4.93. The van der Waals surface area contributed by atoms with E-state index in [1.165, 1.54) is 12.8 Å². The van der Waals surface area contributed by atoms with Crippen LogP contribution in [-0.2, 0) is 6.54 Å². The molecule has 5 heteroatoms. The first kappa shape index (κ1) is 13.0. The van der Waals surface area contributed by atoms with Crippen LogP contribution in [0.4, 0.5) is 5.82 Å². The van der Waals surface area contributed by atoms with Gasteiger partial charge >= 0.3 is 0 Å². The van der Waals surface area contributed by atoms with Crippen LogP contribution < -0.4 is 11.5 Å². The molecule has 2 saturated heterocycles. The second-order valence-corrected chi connectivity index (χ2v) is 6.33. The predicted molar refractivity (Wildman–Crippen MR) is 83.5 cm³/mol. The molecule has 2 aromatic rings. The van der Waals surface area contributed by atoms with Crippen molar-refractivity contribution in [2.75, 3.05) is 5.73 Å². The van der Waals surface area contributed by atoms with Gasteiger partial charge < -0.3 is 11.5 Å². The van der Waals surface area contributed by atoms with Gasteiger partial charge in [-0.2, -0.15) is 0 Å². The lowest BCUT2D eigenvalue weighted by atomic mass is 9.98. The van der Waals surface area contributed by atoms with E-state index in [1.54, 1.807) is 0 Å². The third kappa shape index (κ3) is 2.26. The highest BCUT2D eigenvalue weighted by molar-refractivity contribution is 5.87. The molecule has 0 radical (unpaired) electrons. The molecule has 3 heterocycles. The summed E-state index contributed by atoms with van der Waals surface area (Å²) in [5, 5.41) is 0.935. The monoisotopic (exact) mass is 283 g/mol. The van der Waals surface area contributed by atoms with E-state index in [4.69, 9.17) is 11.5 Å². The minimum atomic E-state index is 0.362. The van der Waals surface area contributed by atoms with E-state index in [0.717, 1.165) is 36.1 Å². The molecule has 0 spiro atoms. The third-order valence-corrected chi connectivity index (χ3v) is 4.92. The highest BCUT2D eigenvalue weighted by Gasteiger charge is 2.39. The summed E-state index contributed by atoms with van der Waals surface area (Å²) >= 11 is 0. The Morgan fingerprint density at radius 3 is 2.57 bits per heavy atom. The fourth-order valence-corrected chi connectivity index (χ4v) is 3.96. The van der Waals surface area contributed by atoms with Crippen LogP contribution in [0.5, 0.6) is 0 Å². The first-order valence-corrected chi connectivity index (χ1v) is 7.73. The number of hydrogen-bond donors (Lipinski definition) is 2. The number of rotatable bonds is 2. The van der Waals surface area contributed by atoms with Crippen molar-refractivity contribution in [2.45, 2.75) is 50.4 Å². The maximum atomic E-state index is 6.13. The summed E-state index contributed by atoms with van der Waals surface area (Å²) in [5.74, 6) is 1.41. The van der Waals surface area contributed by atoms with Crippen molar-refractivity contribution in [3.8, 4) is 0 Å². The maximum Gasteiger partial charge on any atom is 0.145 e. The zero-order valence-electron chi connectivity index (χ0n) is 12.1. The van der Waals surface area contributed by atoms with Crippen molar-refractivity contribution in [2.24, 2.45) is 5.73 Å². The van der Waals surface area contributed by atoms with Crippen LogP contribution in [0.2, 0.25) is 0 Å². The molecule has 4 rings (SSSR count). The molecule has 0 amide bonds. The summed E-state index contributed by atoms with van der Waals surface area (Å²) in [6.07, 6.45) is 4.70. The van der Waals surface area contributed by atoms with Gasteiger partial charge in [-0.3, -0.25) is 4.90 Å². The quantitative estimate of drug-likeness (QED) is 0.876. The molecular weight excluding hydrogens is 262 g/mol. The molecule has 1 aromatic carbocycles. The van der Waals surface area contributed by atoms with Crippen molar-refractivity contribution in [1.29, 1.82) is 0 Å². The van der Waals surface area contributed by atoms with Gasteiger partial charge in [0.25, 0.3) is 0 Å². The molecule has 2 bridgehead atoms. The van der Waals surface area contributed by atoms with Gasteiger partial charge in [0.1, 0.15) is 11.6 Å². The van der Waals surface area contributed by atoms with E-state index in [9.17, 15) is 0 Å². The van der Waals surface area contributed by atoms with Gasteiger partial charge in [0.15, 0.2) is 0 Å². The summed E-state index contributed by atoms with van der Waals surface area (Å²) in [7, 11) is 0. The summed E-state index contributed by atoms with van der Waals surface area (Å²) in [6.45, 7) is 0.789. The largest absolute Gasteiger partial charge is 0.383 e. The molecule has 5 nitrogen and oxygen atoms in total. The van der Waals surface area contributed by atoms with Crippen molar-refractivity contribution < 1.29 is 0 Å². The lowest BCUT2D eigenvalue weighted by molar-refractivity contribution is 0.117. The lowest BCUT2D eigenvalue weighted by Crippen LogP contribution is -2.47. The first-order valence-electron chi connectivity index (χ1n) is 7.73. The number of hydrogen-bond acceptors (Lipinski definition) is 5. The lowest BCUT2D eigenvalue weighted by Gasteiger charge is -2.37. The fraction of sp³-hybridized carbons (Fsp3) is 0.500. The van der Waals surface area contributed by atoms with E-state index in [1.807, 2.05) is 24.3 Å². The fourth-order valence-electron chi connectivity index (χ4n) is 3.96. The van der Waals surface area contributed by atoms with Crippen LogP contribution in [0.1, 0.15) is 31.5 Å². The second-order valence-electron chi connectivity index (χ2n) is 6.33.